The molecule has 0 radical (unpaired) electrons. The van der Waals surface area contributed by atoms with Crippen molar-refractivity contribution in [1.29, 1.82) is 5.26 Å². The second-order valence-corrected chi connectivity index (χ2v) is 3.70. The van der Waals surface area contributed by atoms with Crippen molar-refractivity contribution in [3.05, 3.63) is 23.3 Å². The fourth-order valence-electron chi connectivity index (χ4n) is 1.50. The molecular formula is C12H15N3O2. The van der Waals surface area contributed by atoms with E-state index in [4.69, 9.17) is 10.00 Å². The lowest BCUT2D eigenvalue weighted by atomic mass is 10.1. The predicted octanol–water partition coefficient (Wildman–Crippen LogP) is 1.34. The van der Waals surface area contributed by atoms with Gasteiger partial charge in [0.25, 0.3) is 0 Å². The van der Waals surface area contributed by atoms with Gasteiger partial charge in [-0.2, -0.15) is 5.26 Å². The molecule has 0 saturated heterocycles. The Bertz CT molecular complexity index is 431. The van der Waals surface area contributed by atoms with Crippen LogP contribution in [0.5, 0.6) is 0 Å². The molecule has 0 aliphatic carbocycles. The van der Waals surface area contributed by atoms with E-state index in [1.165, 1.54) is 0 Å². The van der Waals surface area contributed by atoms with E-state index in [0.717, 1.165) is 11.4 Å². The van der Waals surface area contributed by atoms with Crippen LogP contribution in [0.4, 0.5) is 0 Å². The largest absolute Gasteiger partial charge is 0.465 e. The van der Waals surface area contributed by atoms with E-state index in [0.29, 0.717) is 5.82 Å². The Labute approximate surface area is 100 Å². The molecule has 5 nitrogen and oxygen atoms in total. The quantitative estimate of drug-likeness (QED) is 0.733. The summed E-state index contributed by atoms with van der Waals surface area (Å²) < 4.78 is 4.81. The summed E-state index contributed by atoms with van der Waals surface area (Å²) in [6.07, 6.45) is 0.192. The minimum absolute atomic E-state index is 0.192. The molecule has 0 fully saturated rings. The van der Waals surface area contributed by atoms with Crippen LogP contribution in [0.2, 0.25) is 0 Å². The standard InChI is InChI=1S/C12H15N3O2/c1-4-17-12(16)10(7-13)6-11-14-8(2)5-9(3)15-11/h5,10H,4,6H2,1-3H3. The lowest BCUT2D eigenvalue weighted by molar-refractivity contribution is -0.146. The number of esters is 1. The van der Waals surface area contributed by atoms with Crippen LogP contribution < -0.4 is 0 Å². The number of carbonyl (C=O) groups excluding carboxylic acids is 1. The molecular weight excluding hydrogens is 218 g/mol. The van der Waals surface area contributed by atoms with Crippen molar-refractivity contribution < 1.29 is 9.53 Å². The van der Waals surface area contributed by atoms with Gasteiger partial charge in [0.05, 0.1) is 12.7 Å². The molecule has 17 heavy (non-hydrogen) atoms. The molecule has 0 bridgehead atoms. The first-order valence-electron chi connectivity index (χ1n) is 5.44. The van der Waals surface area contributed by atoms with E-state index in [1.807, 2.05) is 26.0 Å². The lowest BCUT2D eigenvalue weighted by Gasteiger charge is -2.08. The first-order chi connectivity index (χ1) is 8.06. The van der Waals surface area contributed by atoms with Gasteiger partial charge < -0.3 is 4.74 Å². The van der Waals surface area contributed by atoms with Gasteiger partial charge in [0.15, 0.2) is 5.92 Å². The molecule has 0 aromatic carbocycles. The summed E-state index contributed by atoms with van der Waals surface area (Å²) in [5.74, 6) is -0.851. The normalized spacial score (nSPS) is 11.6. The van der Waals surface area contributed by atoms with Gasteiger partial charge in [0.2, 0.25) is 0 Å². The number of aryl methyl sites for hydroxylation is 2. The van der Waals surface area contributed by atoms with Crippen LogP contribution in [0.15, 0.2) is 6.07 Å². The van der Waals surface area contributed by atoms with Crippen molar-refractivity contribution in [2.45, 2.75) is 27.2 Å². The van der Waals surface area contributed by atoms with Gasteiger partial charge in [-0.15, -0.1) is 0 Å². The molecule has 0 aliphatic rings. The SMILES string of the molecule is CCOC(=O)C(C#N)Cc1nc(C)cc(C)n1. The number of aromatic nitrogens is 2. The molecule has 0 saturated carbocycles. The smallest absolute Gasteiger partial charge is 0.323 e. The van der Waals surface area contributed by atoms with E-state index in [1.54, 1.807) is 6.92 Å². The van der Waals surface area contributed by atoms with E-state index in [2.05, 4.69) is 9.97 Å². The Balaban J connectivity index is 2.81. The fraction of sp³-hybridized carbons (Fsp3) is 0.500. The zero-order valence-corrected chi connectivity index (χ0v) is 10.2. The van der Waals surface area contributed by atoms with Crippen LogP contribution in [0.25, 0.3) is 0 Å². The number of hydrogen-bond donors (Lipinski definition) is 0. The summed E-state index contributed by atoms with van der Waals surface area (Å²) in [5.41, 5.74) is 1.65. The number of ether oxygens (including phenoxy) is 1. The fourth-order valence-corrected chi connectivity index (χ4v) is 1.50. The average Bonchev–Trinajstić information content (AvgIpc) is 2.24. The van der Waals surface area contributed by atoms with Crippen LogP contribution in [-0.2, 0) is 16.0 Å². The number of nitriles is 1. The molecule has 1 heterocycles. The Kier molecular flexibility index (Phi) is 4.58. The number of rotatable bonds is 4. The molecule has 0 spiro atoms. The van der Waals surface area contributed by atoms with Crippen molar-refractivity contribution in [3.63, 3.8) is 0 Å². The van der Waals surface area contributed by atoms with Gasteiger partial charge in [-0.25, -0.2) is 9.97 Å². The molecule has 90 valence electrons. The predicted molar refractivity (Wildman–Crippen MR) is 60.9 cm³/mol. The minimum atomic E-state index is -0.837. The zero-order valence-electron chi connectivity index (χ0n) is 10.2. The van der Waals surface area contributed by atoms with Gasteiger partial charge in [-0.1, -0.05) is 0 Å². The highest BCUT2D eigenvalue weighted by atomic mass is 16.5. The number of carbonyl (C=O) groups is 1. The van der Waals surface area contributed by atoms with E-state index in [9.17, 15) is 4.79 Å². The molecule has 0 N–H and O–H groups in total. The van der Waals surface area contributed by atoms with Gasteiger partial charge in [0, 0.05) is 17.8 Å². The van der Waals surface area contributed by atoms with Gasteiger partial charge in [0.1, 0.15) is 5.82 Å². The third-order valence-electron chi connectivity index (χ3n) is 2.14. The number of hydrogen-bond acceptors (Lipinski definition) is 5. The summed E-state index contributed by atoms with van der Waals surface area (Å²) in [7, 11) is 0. The summed E-state index contributed by atoms with van der Waals surface area (Å²) >= 11 is 0. The zero-order chi connectivity index (χ0) is 12.8. The second-order valence-electron chi connectivity index (χ2n) is 3.70. The molecule has 1 aromatic rings. The molecule has 0 aliphatic heterocycles. The minimum Gasteiger partial charge on any atom is -0.465 e. The molecule has 1 rings (SSSR count). The molecule has 1 unspecified atom stereocenters. The molecule has 1 aromatic heterocycles. The van der Waals surface area contributed by atoms with Crippen molar-refractivity contribution in [1.82, 2.24) is 9.97 Å². The molecule has 1 atom stereocenters. The highest BCUT2D eigenvalue weighted by Gasteiger charge is 2.21. The average molecular weight is 233 g/mol. The maximum atomic E-state index is 11.4. The summed E-state index contributed by atoms with van der Waals surface area (Å²) in [4.78, 5) is 19.8. The van der Waals surface area contributed by atoms with Crippen molar-refractivity contribution >= 4 is 5.97 Å². The maximum absolute atomic E-state index is 11.4. The first-order valence-corrected chi connectivity index (χ1v) is 5.44. The van der Waals surface area contributed by atoms with Crippen LogP contribution in [0.1, 0.15) is 24.1 Å². The monoisotopic (exact) mass is 233 g/mol. The van der Waals surface area contributed by atoms with Crippen LogP contribution >= 0.6 is 0 Å². The summed E-state index contributed by atoms with van der Waals surface area (Å²) in [5, 5.41) is 8.92. The Morgan fingerprint density at radius 3 is 2.53 bits per heavy atom. The van der Waals surface area contributed by atoms with Crippen LogP contribution in [-0.4, -0.2) is 22.5 Å². The molecule has 5 heteroatoms. The van der Waals surface area contributed by atoms with E-state index in [-0.39, 0.29) is 13.0 Å². The van der Waals surface area contributed by atoms with E-state index >= 15 is 0 Å². The third kappa shape index (κ3) is 3.83. The van der Waals surface area contributed by atoms with Crippen molar-refractivity contribution in [2.24, 2.45) is 5.92 Å². The first kappa shape index (κ1) is 13.1. The summed E-state index contributed by atoms with van der Waals surface area (Å²) in [6, 6.07) is 3.76. The van der Waals surface area contributed by atoms with Crippen molar-refractivity contribution in [2.75, 3.05) is 6.61 Å². The van der Waals surface area contributed by atoms with Gasteiger partial charge >= 0.3 is 5.97 Å². The van der Waals surface area contributed by atoms with Crippen LogP contribution in [0, 0.1) is 31.1 Å². The lowest BCUT2D eigenvalue weighted by Crippen LogP contribution is -2.20. The van der Waals surface area contributed by atoms with Gasteiger partial charge in [-0.05, 0) is 26.8 Å². The summed E-state index contributed by atoms with van der Waals surface area (Å²) in [6.45, 7) is 5.68. The third-order valence-corrected chi connectivity index (χ3v) is 2.14. The van der Waals surface area contributed by atoms with E-state index < -0.39 is 11.9 Å². The number of nitrogens with zero attached hydrogens (tertiary/aromatic N) is 3. The highest BCUT2D eigenvalue weighted by Crippen LogP contribution is 2.08. The highest BCUT2D eigenvalue weighted by molar-refractivity contribution is 5.75. The maximum Gasteiger partial charge on any atom is 0.323 e. The van der Waals surface area contributed by atoms with Crippen LogP contribution in [0.3, 0.4) is 0 Å². The van der Waals surface area contributed by atoms with Gasteiger partial charge in [-0.3, -0.25) is 4.79 Å². The molecule has 0 amide bonds. The Hall–Kier alpha value is -1.96. The Morgan fingerprint density at radius 2 is 2.06 bits per heavy atom. The topological polar surface area (TPSA) is 75.9 Å². The van der Waals surface area contributed by atoms with Crippen molar-refractivity contribution in [3.8, 4) is 6.07 Å². The Morgan fingerprint density at radius 1 is 1.47 bits per heavy atom. The second kappa shape index (κ2) is 5.94.